The number of nitrogens with one attached hydrogen (secondary N) is 1. The van der Waals surface area contributed by atoms with Gasteiger partial charge in [0.15, 0.2) is 0 Å². The van der Waals surface area contributed by atoms with Gasteiger partial charge in [0.05, 0.1) is 91.8 Å². The number of piperidine rings is 1. The van der Waals surface area contributed by atoms with E-state index >= 15 is 0 Å². The van der Waals surface area contributed by atoms with Gasteiger partial charge < -0.3 is 43.4 Å². The van der Waals surface area contributed by atoms with Gasteiger partial charge in [-0.25, -0.2) is 0 Å². The Hall–Kier alpha value is -0.850. The largest absolute Gasteiger partial charge is 0.382 e. The number of amides is 1. The zero-order chi connectivity index (χ0) is 23.1. The van der Waals surface area contributed by atoms with E-state index in [0.29, 0.717) is 92.4 Å². The first-order valence-corrected chi connectivity index (χ1v) is 11.7. The van der Waals surface area contributed by atoms with Crippen LogP contribution in [-0.4, -0.2) is 130 Å². The number of hydrogen-bond donors (Lipinski definition) is 1. The molecule has 0 radical (unpaired) electrons. The fourth-order valence-corrected chi connectivity index (χ4v) is 3.03. The summed E-state index contributed by atoms with van der Waals surface area (Å²) in [6.45, 7) is 9.40. The van der Waals surface area contributed by atoms with Gasteiger partial charge in [-0.05, 0) is 19.4 Å². The van der Waals surface area contributed by atoms with E-state index in [1.807, 2.05) is 7.05 Å². The SMILES string of the molecule is COCCOCCOCCOCCOCCOCCOCCN(C)C(=O)[C@H]1CCCNC1. The van der Waals surface area contributed by atoms with Crippen molar-refractivity contribution in [2.75, 3.05) is 120 Å². The molecule has 0 aromatic carbocycles. The molecule has 1 amide bonds. The summed E-state index contributed by atoms with van der Waals surface area (Å²) < 4.78 is 37.4. The second-order valence-corrected chi connectivity index (χ2v) is 7.47. The van der Waals surface area contributed by atoms with E-state index in [9.17, 15) is 4.79 Å². The second kappa shape index (κ2) is 22.0. The van der Waals surface area contributed by atoms with Crippen LogP contribution in [0.4, 0.5) is 0 Å². The molecule has 1 N–H and O–H groups in total. The van der Waals surface area contributed by atoms with Gasteiger partial charge in [-0.3, -0.25) is 4.79 Å². The Morgan fingerprint density at radius 3 is 1.59 bits per heavy atom. The zero-order valence-corrected chi connectivity index (χ0v) is 20.0. The van der Waals surface area contributed by atoms with E-state index in [2.05, 4.69) is 5.32 Å². The molecule has 10 heteroatoms. The minimum atomic E-state index is 0.104. The highest BCUT2D eigenvalue weighted by molar-refractivity contribution is 5.78. The first-order valence-electron chi connectivity index (χ1n) is 11.7. The number of carbonyl (C=O) groups is 1. The average molecular weight is 465 g/mol. The summed E-state index contributed by atoms with van der Waals surface area (Å²) in [5, 5.41) is 3.28. The Morgan fingerprint density at radius 2 is 1.19 bits per heavy atom. The molecule has 10 nitrogen and oxygen atoms in total. The van der Waals surface area contributed by atoms with Crippen molar-refractivity contribution in [1.29, 1.82) is 0 Å². The standard InChI is InChI=1S/C22H44N2O8/c1-24(22(25)21-4-3-5-23-20-21)6-7-27-10-11-29-14-15-31-18-19-32-17-16-30-13-12-28-9-8-26-2/h21,23H,3-20H2,1-2H3/t21-/m0/s1. The predicted molar refractivity (Wildman–Crippen MR) is 120 cm³/mol. The van der Waals surface area contributed by atoms with Crippen LogP contribution in [0.3, 0.4) is 0 Å². The van der Waals surface area contributed by atoms with Gasteiger partial charge in [-0.2, -0.15) is 0 Å². The molecule has 0 aromatic heterocycles. The molecule has 0 aliphatic carbocycles. The van der Waals surface area contributed by atoms with Gasteiger partial charge in [0, 0.05) is 27.2 Å². The predicted octanol–water partition coefficient (Wildman–Crippen LogP) is 0.190. The van der Waals surface area contributed by atoms with E-state index in [1.165, 1.54) is 0 Å². The molecule has 0 saturated carbocycles. The highest BCUT2D eigenvalue weighted by Crippen LogP contribution is 2.12. The monoisotopic (exact) mass is 464 g/mol. The summed E-state index contributed by atoms with van der Waals surface area (Å²) in [6, 6.07) is 0. The molecule has 1 atom stereocenters. The fourth-order valence-electron chi connectivity index (χ4n) is 3.03. The van der Waals surface area contributed by atoms with E-state index < -0.39 is 0 Å². The van der Waals surface area contributed by atoms with Gasteiger partial charge in [0.2, 0.25) is 5.91 Å². The van der Waals surface area contributed by atoms with Crippen molar-refractivity contribution >= 4 is 5.91 Å². The molecular weight excluding hydrogens is 420 g/mol. The Bertz CT molecular complexity index is 425. The minimum absolute atomic E-state index is 0.104. The van der Waals surface area contributed by atoms with Gasteiger partial charge >= 0.3 is 0 Å². The van der Waals surface area contributed by atoms with E-state index in [-0.39, 0.29) is 11.8 Å². The molecule has 32 heavy (non-hydrogen) atoms. The van der Waals surface area contributed by atoms with Crippen LogP contribution in [0.25, 0.3) is 0 Å². The Balaban J connectivity index is 1.73. The third-order valence-electron chi connectivity index (χ3n) is 4.89. The van der Waals surface area contributed by atoms with Crippen LogP contribution in [0.2, 0.25) is 0 Å². The molecule has 1 rings (SSSR count). The molecule has 1 fully saturated rings. The van der Waals surface area contributed by atoms with Crippen molar-refractivity contribution in [3.05, 3.63) is 0 Å². The maximum atomic E-state index is 12.3. The zero-order valence-electron chi connectivity index (χ0n) is 20.0. The molecule has 1 heterocycles. The van der Waals surface area contributed by atoms with Gasteiger partial charge in [0.1, 0.15) is 0 Å². The van der Waals surface area contributed by atoms with E-state index in [4.69, 9.17) is 33.2 Å². The third-order valence-corrected chi connectivity index (χ3v) is 4.89. The lowest BCUT2D eigenvalue weighted by Crippen LogP contribution is -2.42. The van der Waals surface area contributed by atoms with Crippen molar-refractivity contribution in [2.45, 2.75) is 12.8 Å². The first kappa shape index (κ1) is 29.2. The number of carbonyl (C=O) groups excluding carboxylic acids is 1. The number of nitrogens with zero attached hydrogens (tertiary/aromatic N) is 1. The van der Waals surface area contributed by atoms with Crippen LogP contribution < -0.4 is 5.32 Å². The molecule has 0 bridgehead atoms. The van der Waals surface area contributed by atoms with E-state index in [1.54, 1.807) is 12.0 Å². The second-order valence-electron chi connectivity index (χ2n) is 7.47. The Labute approximate surface area is 193 Å². The van der Waals surface area contributed by atoms with Crippen LogP contribution in [0.15, 0.2) is 0 Å². The summed E-state index contributed by atoms with van der Waals surface area (Å²) in [5.74, 6) is 0.307. The molecule has 0 unspecified atom stereocenters. The maximum absolute atomic E-state index is 12.3. The fraction of sp³-hybridized carbons (Fsp3) is 0.955. The Kier molecular flexibility index (Phi) is 20.0. The number of likely N-dealkylation sites (N-methyl/N-ethyl adjacent to an activating group) is 1. The molecule has 0 aromatic rings. The minimum Gasteiger partial charge on any atom is -0.382 e. The molecule has 1 saturated heterocycles. The van der Waals surface area contributed by atoms with Crippen LogP contribution in [0.5, 0.6) is 0 Å². The topological polar surface area (TPSA) is 97.0 Å². The van der Waals surface area contributed by atoms with Crippen LogP contribution in [0, 0.1) is 5.92 Å². The van der Waals surface area contributed by atoms with Crippen molar-refractivity contribution < 1.29 is 38.0 Å². The van der Waals surface area contributed by atoms with E-state index in [0.717, 1.165) is 25.9 Å². The molecule has 1 aliphatic rings. The first-order chi connectivity index (χ1) is 15.8. The summed E-state index contributed by atoms with van der Waals surface area (Å²) >= 11 is 0. The number of hydrogen-bond acceptors (Lipinski definition) is 9. The number of ether oxygens (including phenoxy) is 7. The number of rotatable bonds is 22. The summed E-state index contributed by atoms with van der Waals surface area (Å²) in [5.41, 5.74) is 0. The smallest absolute Gasteiger partial charge is 0.226 e. The third kappa shape index (κ3) is 16.7. The average Bonchev–Trinajstić information content (AvgIpc) is 2.82. The van der Waals surface area contributed by atoms with Crippen molar-refractivity contribution in [3.63, 3.8) is 0 Å². The summed E-state index contributed by atoms with van der Waals surface area (Å²) in [4.78, 5) is 14.1. The summed E-state index contributed by atoms with van der Waals surface area (Å²) in [6.07, 6.45) is 2.04. The van der Waals surface area contributed by atoms with Gasteiger partial charge in [-0.15, -0.1) is 0 Å². The quantitative estimate of drug-likeness (QED) is 0.225. The van der Waals surface area contributed by atoms with Crippen molar-refractivity contribution in [3.8, 4) is 0 Å². The van der Waals surface area contributed by atoms with Gasteiger partial charge in [0.25, 0.3) is 0 Å². The van der Waals surface area contributed by atoms with Crippen LogP contribution in [0.1, 0.15) is 12.8 Å². The highest BCUT2D eigenvalue weighted by atomic mass is 16.6. The Morgan fingerprint density at radius 1 is 0.750 bits per heavy atom. The van der Waals surface area contributed by atoms with Crippen molar-refractivity contribution in [2.24, 2.45) is 5.92 Å². The lowest BCUT2D eigenvalue weighted by atomic mass is 9.98. The lowest BCUT2D eigenvalue weighted by molar-refractivity contribution is -0.135. The number of methoxy groups -OCH3 is 1. The van der Waals surface area contributed by atoms with Crippen LogP contribution >= 0.6 is 0 Å². The van der Waals surface area contributed by atoms with Gasteiger partial charge in [-0.1, -0.05) is 0 Å². The summed E-state index contributed by atoms with van der Waals surface area (Å²) in [7, 11) is 3.49. The maximum Gasteiger partial charge on any atom is 0.226 e. The molecule has 1 aliphatic heterocycles. The molecule has 0 spiro atoms. The lowest BCUT2D eigenvalue weighted by Gasteiger charge is -2.26. The highest BCUT2D eigenvalue weighted by Gasteiger charge is 2.23. The normalized spacial score (nSPS) is 16.4. The van der Waals surface area contributed by atoms with Crippen molar-refractivity contribution in [1.82, 2.24) is 10.2 Å². The molecule has 190 valence electrons. The molecular formula is C22H44N2O8. The van der Waals surface area contributed by atoms with Crippen LogP contribution in [-0.2, 0) is 38.0 Å².